The second-order valence-electron chi connectivity index (χ2n) is 4.88. The zero-order valence-corrected chi connectivity index (χ0v) is 13.4. The SMILES string of the molecule is CS(=O)(=O)C[C@H](NC(=O)c1ccncc1Cl)c1ccccc1. The second-order valence-corrected chi connectivity index (χ2v) is 7.48. The first-order valence-electron chi connectivity index (χ1n) is 6.50. The van der Waals surface area contributed by atoms with Gasteiger partial charge in [-0.3, -0.25) is 9.78 Å². The number of carbonyl (C=O) groups excluding carboxylic acids is 1. The lowest BCUT2D eigenvalue weighted by atomic mass is 10.1. The van der Waals surface area contributed by atoms with Gasteiger partial charge in [0.1, 0.15) is 9.84 Å². The van der Waals surface area contributed by atoms with E-state index < -0.39 is 21.8 Å². The van der Waals surface area contributed by atoms with Gasteiger partial charge in [-0.1, -0.05) is 41.9 Å². The van der Waals surface area contributed by atoms with Crippen molar-refractivity contribution in [1.82, 2.24) is 10.3 Å². The van der Waals surface area contributed by atoms with Crippen LogP contribution in [0.3, 0.4) is 0 Å². The van der Waals surface area contributed by atoms with Crippen molar-refractivity contribution in [3.8, 4) is 0 Å². The molecule has 0 aliphatic heterocycles. The van der Waals surface area contributed by atoms with Crippen LogP contribution in [0.15, 0.2) is 48.8 Å². The summed E-state index contributed by atoms with van der Waals surface area (Å²) in [6.07, 6.45) is 3.95. The molecule has 0 aliphatic carbocycles. The zero-order chi connectivity index (χ0) is 16.2. The van der Waals surface area contributed by atoms with Crippen molar-refractivity contribution < 1.29 is 13.2 Å². The van der Waals surface area contributed by atoms with Gasteiger partial charge in [-0.05, 0) is 11.6 Å². The molecule has 1 atom stereocenters. The van der Waals surface area contributed by atoms with Crippen LogP contribution in [0.25, 0.3) is 0 Å². The first kappa shape index (κ1) is 16.5. The fourth-order valence-electron chi connectivity index (χ4n) is 2.00. The number of amides is 1. The molecular formula is C15H15ClN2O3S. The summed E-state index contributed by atoms with van der Waals surface area (Å²) in [7, 11) is -3.27. The Labute approximate surface area is 134 Å². The van der Waals surface area contributed by atoms with Crippen LogP contribution < -0.4 is 5.32 Å². The minimum absolute atomic E-state index is 0.189. The maximum absolute atomic E-state index is 12.3. The fraction of sp³-hybridized carbons (Fsp3) is 0.200. The van der Waals surface area contributed by atoms with Gasteiger partial charge in [-0.25, -0.2) is 8.42 Å². The summed E-state index contributed by atoms with van der Waals surface area (Å²) in [5, 5.41) is 2.93. The van der Waals surface area contributed by atoms with Crippen LogP contribution in [0.4, 0.5) is 0 Å². The summed E-state index contributed by atoms with van der Waals surface area (Å²) >= 11 is 5.94. The number of benzene rings is 1. The van der Waals surface area contributed by atoms with E-state index in [1.54, 1.807) is 24.3 Å². The molecule has 22 heavy (non-hydrogen) atoms. The Morgan fingerprint density at radius 3 is 2.55 bits per heavy atom. The maximum Gasteiger partial charge on any atom is 0.253 e. The highest BCUT2D eigenvalue weighted by Gasteiger charge is 2.21. The van der Waals surface area contributed by atoms with Crippen LogP contribution >= 0.6 is 11.6 Å². The first-order chi connectivity index (χ1) is 10.4. The molecule has 1 aromatic heterocycles. The summed E-state index contributed by atoms with van der Waals surface area (Å²) < 4.78 is 23.2. The maximum atomic E-state index is 12.3. The predicted octanol–water partition coefficient (Wildman–Crippen LogP) is 2.25. The van der Waals surface area contributed by atoms with E-state index in [0.717, 1.165) is 6.26 Å². The average Bonchev–Trinajstić information content (AvgIpc) is 2.46. The molecule has 1 N–H and O–H groups in total. The van der Waals surface area contributed by atoms with Crippen LogP contribution in [-0.2, 0) is 9.84 Å². The van der Waals surface area contributed by atoms with E-state index in [2.05, 4.69) is 10.3 Å². The molecule has 5 nitrogen and oxygen atoms in total. The lowest BCUT2D eigenvalue weighted by Gasteiger charge is -2.18. The highest BCUT2D eigenvalue weighted by atomic mass is 35.5. The lowest BCUT2D eigenvalue weighted by molar-refractivity contribution is 0.0940. The van der Waals surface area contributed by atoms with Crippen molar-refractivity contribution in [2.24, 2.45) is 0 Å². The van der Waals surface area contributed by atoms with Gasteiger partial charge < -0.3 is 5.32 Å². The fourth-order valence-corrected chi connectivity index (χ4v) is 3.09. The van der Waals surface area contributed by atoms with Crippen LogP contribution in [0.2, 0.25) is 5.02 Å². The number of pyridine rings is 1. The number of nitrogens with zero attached hydrogens (tertiary/aromatic N) is 1. The molecule has 0 unspecified atom stereocenters. The molecule has 0 saturated carbocycles. The predicted molar refractivity (Wildman–Crippen MR) is 85.6 cm³/mol. The van der Waals surface area contributed by atoms with Crippen LogP contribution in [0, 0.1) is 0 Å². The van der Waals surface area contributed by atoms with E-state index in [9.17, 15) is 13.2 Å². The summed E-state index contributed by atoms with van der Waals surface area (Å²) in [5.74, 6) is -0.629. The molecule has 116 valence electrons. The van der Waals surface area contributed by atoms with Crippen molar-refractivity contribution in [2.45, 2.75) is 6.04 Å². The molecule has 1 heterocycles. The van der Waals surface area contributed by atoms with E-state index in [0.29, 0.717) is 5.56 Å². The molecule has 7 heteroatoms. The quantitative estimate of drug-likeness (QED) is 0.907. The highest BCUT2D eigenvalue weighted by Crippen LogP contribution is 2.18. The molecule has 0 bridgehead atoms. The van der Waals surface area contributed by atoms with Crippen molar-refractivity contribution in [3.05, 3.63) is 64.9 Å². The Morgan fingerprint density at radius 2 is 1.95 bits per heavy atom. The molecule has 0 saturated heterocycles. The molecule has 0 spiro atoms. The van der Waals surface area contributed by atoms with E-state index in [1.165, 1.54) is 18.5 Å². The van der Waals surface area contributed by atoms with Gasteiger partial charge in [-0.2, -0.15) is 0 Å². The minimum atomic E-state index is -3.27. The second kappa shape index (κ2) is 6.89. The molecule has 0 aliphatic rings. The van der Waals surface area contributed by atoms with Gasteiger partial charge in [0.05, 0.1) is 22.4 Å². The normalized spacial score (nSPS) is 12.6. The summed E-state index contributed by atoms with van der Waals surface area (Å²) in [5.41, 5.74) is 0.970. The number of hydrogen-bond donors (Lipinski definition) is 1. The average molecular weight is 339 g/mol. The van der Waals surface area contributed by atoms with E-state index in [1.807, 2.05) is 6.07 Å². The van der Waals surface area contributed by atoms with Gasteiger partial charge in [0.2, 0.25) is 0 Å². The number of rotatable bonds is 5. The molecular weight excluding hydrogens is 324 g/mol. The third-order valence-corrected chi connectivity index (χ3v) is 4.23. The number of halogens is 1. The summed E-state index contributed by atoms with van der Waals surface area (Å²) in [6, 6.07) is 9.77. The Hall–Kier alpha value is -1.92. The number of carbonyl (C=O) groups is 1. The molecule has 0 fully saturated rings. The lowest BCUT2D eigenvalue weighted by Crippen LogP contribution is -2.33. The molecule has 2 rings (SSSR count). The summed E-state index contributed by atoms with van der Waals surface area (Å²) in [6.45, 7) is 0. The van der Waals surface area contributed by atoms with Gasteiger partial charge in [-0.15, -0.1) is 0 Å². The molecule has 0 radical (unpaired) electrons. The van der Waals surface area contributed by atoms with Crippen LogP contribution in [0.5, 0.6) is 0 Å². The van der Waals surface area contributed by atoms with Crippen molar-refractivity contribution >= 4 is 27.3 Å². The van der Waals surface area contributed by atoms with Gasteiger partial charge in [0.25, 0.3) is 5.91 Å². The first-order valence-corrected chi connectivity index (χ1v) is 8.94. The number of aromatic nitrogens is 1. The molecule has 2 aromatic rings. The van der Waals surface area contributed by atoms with Crippen molar-refractivity contribution in [3.63, 3.8) is 0 Å². The standard InChI is InChI=1S/C15H15ClN2O3S/c1-22(20,21)10-14(11-5-3-2-4-6-11)18-15(19)12-7-8-17-9-13(12)16/h2-9,14H,10H2,1H3,(H,18,19)/t14-/m0/s1. The Balaban J connectivity index is 2.27. The van der Waals surface area contributed by atoms with Crippen LogP contribution in [-0.4, -0.2) is 31.3 Å². The van der Waals surface area contributed by atoms with Gasteiger partial charge in [0.15, 0.2) is 0 Å². The van der Waals surface area contributed by atoms with Gasteiger partial charge in [0, 0.05) is 18.6 Å². The van der Waals surface area contributed by atoms with Gasteiger partial charge >= 0.3 is 0 Å². The Kier molecular flexibility index (Phi) is 5.15. The molecule has 1 aromatic carbocycles. The topological polar surface area (TPSA) is 76.1 Å². The Morgan fingerprint density at radius 1 is 1.27 bits per heavy atom. The number of hydrogen-bond acceptors (Lipinski definition) is 4. The van der Waals surface area contributed by atoms with E-state index >= 15 is 0 Å². The van der Waals surface area contributed by atoms with Crippen molar-refractivity contribution in [1.29, 1.82) is 0 Å². The number of sulfone groups is 1. The number of nitrogens with one attached hydrogen (secondary N) is 1. The monoisotopic (exact) mass is 338 g/mol. The van der Waals surface area contributed by atoms with E-state index in [-0.39, 0.29) is 16.3 Å². The summed E-state index contributed by atoms with van der Waals surface area (Å²) in [4.78, 5) is 16.1. The largest absolute Gasteiger partial charge is 0.344 e. The smallest absolute Gasteiger partial charge is 0.253 e. The molecule has 1 amide bonds. The Bertz CT molecular complexity index is 763. The minimum Gasteiger partial charge on any atom is -0.344 e. The van der Waals surface area contributed by atoms with Crippen molar-refractivity contribution in [2.75, 3.05) is 12.0 Å². The van der Waals surface area contributed by atoms with E-state index in [4.69, 9.17) is 11.6 Å². The highest BCUT2D eigenvalue weighted by molar-refractivity contribution is 7.90. The third-order valence-electron chi connectivity index (χ3n) is 2.99. The van der Waals surface area contributed by atoms with Crippen LogP contribution in [0.1, 0.15) is 22.0 Å². The third kappa shape index (κ3) is 4.54. The zero-order valence-electron chi connectivity index (χ0n) is 11.9.